The summed E-state index contributed by atoms with van der Waals surface area (Å²) < 4.78 is 14.3. The lowest BCUT2D eigenvalue weighted by Crippen LogP contribution is -2.71. The number of benzene rings is 1. The van der Waals surface area contributed by atoms with Crippen LogP contribution < -0.4 is 16.4 Å². The number of dihydropyridines is 1. The number of epoxide rings is 1. The fourth-order valence-electron chi connectivity index (χ4n) is 20.0. The first kappa shape index (κ1) is 49.6. The summed E-state index contributed by atoms with van der Waals surface area (Å²) in [5.41, 5.74) is 6.18. The first-order valence-corrected chi connectivity index (χ1v) is 28.5. The third kappa shape index (κ3) is 6.88. The number of allylic oxidation sites excluding steroid dienone is 4. The molecule has 10 heteroatoms. The van der Waals surface area contributed by atoms with E-state index in [-0.39, 0.29) is 53.3 Å². The molecule has 1 aromatic carbocycles. The van der Waals surface area contributed by atoms with Crippen LogP contribution in [-0.2, 0) is 27.1 Å². The van der Waals surface area contributed by atoms with Crippen molar-refractivity contribution in [1.82, 2.24) is 10.6 Å². The second-order valence-electron chi connectivity index (χ2n) is 26.7. The van der Waals surface area contributed by atoms with Crippen LogP contribution in [0.5, 0.6) is 0 Å². The highest BCUT2D eigenvalue weighted by Gasteiger charge is 2.81. The number of aryl methyl sites for hydroxylation is 1. The molecule has 0 unspecified atom stereocenters. The third-order valence-electron chi connectivity index (χ3n) is 23.4. The molecule has 0 radical (unpaired) electrons. The van der Waals surface area contributed by atoms with Crippen molar-refractivity contribution in [2.75, 3.05) is 33.4 Å². The molecule has 8 aliphatic carbocycles. The van der Waals surface area contributed by atoms with E-state index in [9.17, 15) is 20.4 Å². The zero-order chi connectivity index (χ0) is 50.3. The molecule has 0 bridgehead atoms. The van der Waals surface area contributed by atoms with Gasteiger partial charge in [0.1, 0.15) is 17.8 Å². The molecule has 0 aromatic heterocycles. The molecule has 1 aromatic rings. The van der Waals surface area contributed by atoms with Crippen LogP contribution in [0.25, 0.3) is 0 Å². The van der Waals surface area contributed by atoms with Crippen molar-refractivity contribution in [2.45, 2.75) is 178 Å². The lowest BCUT2D eigenvalue weighted by molar-refractivity contribution is -0.225. The molecular weight excluding hydrogens is 899 g/mol. The van der Waals surface area contributed by atoms with E-state index in [4.69, 9.17) is 15.2 Å². The number of ether oxygens (including phenoxy) is 2. The van der Waals surface area contributed by atoms with Gasteiger partial charge >= 0.3 is 0 Å². The van der Waals surface area contributed by atoms with Crippen LogP contribution in [0, 0.1) is 80.3 Å². The highest BCUT2D eigenvalue weighted by molar-refractivity contribution is 5.95. The zero-order valence-electron chi connectivity index (χ0n) is 44.0. The van der Waals surface area contributed by atoms with Crippen LogP contribution in [-0.4, -0.2) is 94.7 Å². The minimum Gasteiger partial charge on any atom is -0.396 e. The van der Waals surface area contributed by atoms with Gasteiger partial charge in [0, 0.05) is 54.2 Å². The Morgan fingerprint density at radius 1 is 1.01 bits per heavy atom. The maximum absolute atomic E-state index is 15.8. The Balaban J connectivity index is 0.996. The number of aliphatic hydroxyl groups excluding tert-OH is 2. The summed E-state index contributed by atoms with van der Waals surface area (Å²) in [5.74, 6) is 8.83. The van der Waals surface area contributed by atoms with Crippen molar-refractivity contribution in [3.63, 3.8) is 0 Å². The Kier molecular flexibility index (Phi) is 12.0. The largest absolute Gasteiger partial charge is 0.396 e. The number of likely N-dealkylation sites (N-methyl/N-ethyl adjacent to an activating group) is 1. The van der Waals surface area contributed by atoms with Gasteiger partial charge in [0.05, 0.1) is 29.7 Å². The van der Waals surface area contributed by atoms with Gasteiger partial charge in [-0.25, -0.2) is 0 Å². The van der Waals surface area contributed by atoms with Gasteiger partial charge in [-0.1, -0.05) is 87.4 Å². The van der Waals surface area contributed by atoms with Gasteiger partial charge in [-0.3, -0.25) is 4.79 Å². The molecule has 390 valence electrons. The number of hydrogen-bond acceptors (Lipinski definition) is 10. The average molecular weight is 984 g/mol. The van der Waals surface area contributed by atoms with E-state index in [1.807, 2.05) is 33.0 Å². The van der Waals surface area contributed by atoms with Crippen LogP contribution >= 0.6 is 0 Å². The summed E-state index contributed by atoms with van der Waals surface area (Å²) in [7, 11) is 2.05. The monoisotopic (exact) mass is 984 g/mol. The highest BCUT2D eigenvalue weighted by Crippen LogP contribution is 2.83. The van der Waals surface area contributed by atoms with E-state index < -0.39 is 56.8 Å². The highest BCUT2D eigenvalue weighted by atomic mass is 16.6. The van der Waals surface area contributed by atoms with E-state index in [0.29, 0.717) is 69.8 Å². The van der Waals surface area contributed by atoms with Gasteiger partial charge in [-0.15, -0.1) is 0 Å². The molecule has 2 saturated heterocycles. The lowest BCUT2D eigenvalue weighted by atomic mass is 9.32. The van der Waals surface area contributed by atoms with Gasteiger partial charge in [0.25, 0.3) is 0 Å². The summed E-state index contributed by atoms with van der Waals surface area (Å²) in [5, 5.41) is 57.7. The minimum atomic E-state index is -1.40. The molecule has 8 N–H and O–H groups in total. The number of fused-ring (bicyclic) bond motifs is 4. The first-order chi connectivity index (χ1) is 34.4. The Hall–Kier alpha value is -3.27. The molecule has 11 aliphatic rings. The van der Waals surface area contributed by atoms with Crippen molar-refractivity contribution < 1.29 is 34.7 Å². The normalized spacial score (nSPS) is 45.0. The minimum absolute atomic E-state index is 0.0190. The number of hydrogen-bond donors (Lipinski definition) is 7. The molecule has 5 saturated carbocycles. The smallest absolute Gasteiger partial charge is 0.159 e. The van der Waals surface area contributed by atoms with Crippen LogP contribution in [0.3, 0.4) is 0 Å². The van der Waals surface area contributed by atoms with Crippen LogP contribution in [0.2, 0.25) is 0 Å². The molecule has 17 atom stereocenters. The molecule has 0 amide bonds. The summed E-state index contributed by atoms with van der Waals surface area (Å²) in [6.45, 7) is 10.3. The second kappa shape index (κ2) is 17.4. The summed E-state index contributed by atoms with van der Waals surface area (Å²) in [6.07, 6.45) is 22.0. The molecule has 3 heterocycles. The summed E-state index contributed by atoms with van der Waals surface area (Å²) >= 11 is 0. The molecule has 10 nitrogen and oxygen atoms in total. The molecule has 3 spiro atoms. The topological polar surface area (TPSA) is 170 Å². The number of ketones is 1. The average Bonchev–Trinajstić information content (AvgIpc) is 3.88. The number of carbonyl (C=O) groups excluding carboxylic acids is 1. The molecule has 3 aliphatic heterocycles. The maximum atomic E-state index is 15.8. The number of nitrogens with two attached hydrogens (primary N) is 1. The second-order valence-corrected chi connectivity index (χ2v) is 26.7. The number of rotatable bonds is 10. The van der Waals surface area contributed by atoms with Crippen molar-refractivity contribution >= 4 is 5.78 Å². The van der Waals surface area contributed by atoms with Gasteiger partial charge in [0.15, 0.2) is 5.78 Å². The van der Waals surface area contributed by atoms with E-state index in [1.165, 1.54) is 29.5 Å². The van der Waals surface area contributed by atoms with Gasteiger partial charge in [-0.2, -0.15) is 0 Å². The third-order valence-corrected chi connectivity index (χ3v) is 23.4. The fraction of sp³-hybridized carbons (Fsp3) is 0.726. The quantitative estimate of drug-likeness (QED) is 0.0699. The predicted octanol–water partition coefficient (Wildman–Crippen LogP) is 7.77. The van der Waals surface area contributed by atoms with Gasteiger partial charge in [0.2, 0.25) is 0 Å². The van der Waals surface area contributed by atoms with Gasteiger partial charge < -0.3 is 46.3 Å². The number of carbonyl (C=O) groups is 1. The fourth-order valence-corrected chi connectivity index (χ4v) is 20.0. The zero-order valence-corrected chi connectivity index (χ0v) is 44.0. The molecular formula is C62H85N3O7. The Bertz CT molecular complexity index is 2550. The lowest BCUT2D eigenvalue weighted by Gasteiger charge is -2.71. The van der Waals surface area contributed by atoms with E-state index in [0.717, 1.165) is 75.5 Å². The molecule has 12 rings (SSSR count). The van der Waals surface area contributed by atoms with Crippen molar-refractivity contribution in [2.24, 2.45) is 74.2 Å². The maximum Gasteiger partial charge on any atom is 0.159 e. The SMILES string of the molecule is CNCC1=C[C@H]2CC3(CCCC3)[C@H]3C#CCc4ccccc4CC[C@@H]4C[C@]5(C)[C@@H]([C@@]6([C@H]7O[C@@H]7[C@](C)(O)[C@](C)(CO)CCC7=CCNC(N)=C7)C[C@@H](C)CCO6)CC[C@@]5(O)C5=CC(=O)[C@@H]6C[C@@H](O)C[C@@]32[C@]6(C1)[C@H]54. The molecule has 7 fully saturated rings. The summed E-state index contributed by atoms with van der Waals surface area (Å²) in [4.78, 5) is 15.8. The van der Waals surface area contributed by atoms with Crippen LogP contribution in [0.15, 0.2) is 71.1 Å². The van der Waals surface area contributed by atoms with E-state index >= 15 is 4.79 Å². The Labute approximate surface area is 429 Å². The van der Waals surface area contributed by atoms with Crippen molar-refractivity contribution in [3.8, 4) is 11.8 Å². The van der Waals surface area contributed by atoms with E-state index in [1.54, 1.807) is 0 Å². The standard InChI is InChI=1S/C62H85N3O7/c1-38-20-26-71-61(31-38,54-53(72-54)57(4,69)55(2,37-66)23-17-39-19-25-65-51(63)28-39)49-18-24-62(70)47-30-48(68)46-29-45(67)35-59-44-27-40(36-64-5)32-60(46,59)52(47)43(33-56(49,62)3)16-15-42-12-7-6-11-41(42)13-10-14-50(59)58(34-44)21-8-9-22-58/h6-7,11-12,19,27-28,30,38,43-46,49-50,52-54,64-67,69-70H,8-9,13,15-18,20-26,29,31-37,63H2,1-5H3/t38-,43+,44-,45+,46-,49-,50+,52-,53-,54-,55-,56+,57-,59-,60-,61+,62+/m0/s1. The summed E-state index contributed by atoms with van der Waals surface area (Å²) in [6, 6.07) is 8.92. The Morgan fingerprint density at radius 2 is 1.81 bits per heavy atom. The predicted molar refractivity (Wildman–Crippen MR) is 279 cm³/mol. The van der Waals surface area contributed by atoms with Crippen molar-refractivity contribution in [1.29, 1.82) is 0 Å². The van der Waals surface area contributed by atoms with Crippen molar-refractivity contribution in [3.05, 3.63) is 82.2 Å². The first-order valence-electron chi connectivity index (χ1n) is 28.5. The van der Waals surface area contributed by atoms with Crippen LogP contribution in [0.1, 0.15) is 142 Å². The number of nitrogens with one attached hydrogen (secondary N) is 2. The Morgan fingerprint density at radius 3 is 2.56 bits per heavy atom. The molecule has 72 heavy (non-hydrogen) atoms. The number of aliphatic hydroxyl groups is 4. The van der Waals surface area contributed by atoms with Crippen LogP contribution in [0.4, 0.5) is 0 Å². The van der Waals surface area contributed by atoms with E-state index in [2.05, 4.69) is 72.7 Å². The van der Waals surface area contributed by atoms with Gasteiger partial charge in [-0.05, 0) is 185 Å².